The molecule has 1 aromatic heterocycles. The fourth-order valence-electron chi connectivity index (χ4n) is 3.98. The molecule has 31 heavy (non-hydrogen) atoms. The lowest BCUT2D eigenvalue weighted by molar-refractivity contribution is 1.07. The molecule has 0 saturated heterocycles. The molecule has 4 aromatic carbocycles. The Hall–Kier alpha value is -3.91. The van der Waals surface area contributed by atoms with Crippen molar-refractivity contribution in [3.63, 3.8) is 0 Å². The second-order valence-electron chi connectivity index (χ2n) is 7.83. The molecule has 0 aliphatic carbocycles. The number of imidazole rings is 1. The molecule has 0 N–H and O–H groups in total. The Bertz CT molecular complexity index is 1320. The van der Waals surface area contributed by atoms with Crippen molar-refractivity contribution in [1.29, 1.82) is 0 Å². The standard InChI is InChI=1S/C29H24N2/c1-21-18-19-26(20-22(21)2)31-28(24-14-8-4-9-15-24)27(23-12-6-3-7-13-23)30-29(31)25-16-10-5-11-17-25/h3-20H,1-2H3. The summed E-state index contributed by atoms with van der Waals surface area (Å²) in [4.78, 5) is 5.22. The van der Waals surface area contributed by atoms with E-state index in [0.717, 1.165) is 39.6 Å². The highest BCUT2D eigenvalue weighted by Crippen LogP contribution is 2.38. The van der Waals surface area contributed by atoms with Crippen LogP contribution >= 0.6 is 0 Å². The summed E-state index contributed by atoms with van der Waals surface area (Å²) in [5.41, 5.74) is 9.13. The monoisotopic (exact) mass is 400 g/mol. The molecule has 0 bridgehead atoms. The SMILES string of the molecule is Cc1ccc(-n2c(-c3ccccc3)nc(-c3ccccc3)c2-c2ccccc2)cc1C. The third kappa shape index (κ3) is 3.57. The van der Waals surface area contributed by atoms with Crippen molar-refractivity contribution in [3.05, 3.63) is 120 Å². The van der Waals surface area contributed by atoms with Crippen molar-refractivity contribution in [1.82, 2.24) is 9.55 Å². The molecule has 2 nitrogen and oxygen atoms in total. The van der Waals surface area contributed by atoms with Gasteiger partial charge in [0, 0.05) is 22.4 Å². The normalized spacial score (nSPS) is 10.9. The van der Waals surface area contributed by atoms with Gasteiger partial charge in [-0.05, 0) is 37.1 Å². The van der Waals surface area contributed by atoms with Crippen molar-refractivity contribution < 1.29 is 0 Å². The lowest BCUT2D eigenvalue weighted by atomic mass is 10.0. The molecule has 0 radical (unpaired) electrons. The first-order valence-corrected chi connectivity index (χ1v) is 10.6. The Balaban J connectivity index is 1.89. The minimum absolute atomic E-state index is 0.946. The second-order valence-corrected chi connectivity index (χ2v) is 7.83. The van der Waals surface area contributed by atoms with E-state index in [4.69, 9.17) is 4.98 Å². The molecular formula is C29H24N2. The van der Waals surface area contributed by atoms with Gasteiger partial charge in [0.2, 0.25) is 0 Å². The highest BCUT2D eigenvalue weighted by atomic mass is 15.1. The van der Waals surface area contributed by atoms with Crippen LogP contribution in [-0.4, -0.2) is 9.55 Å². The smallest absolute Gasteiger partial charge is 0.145 e. The number of benzene rings is 4. The van der Waals surface area contributed by atoms with E-state index in [1.807, 2.05) is 12.1 Å². The summed E-state index contributed by atoms with van der Waals surface area (Å²) in [5.74, 6) is 0.946. The van der Waals surface area contributed by atoms with Gasteiger partial charge in [0.15, 0.2) is 0 Å². The lowest BCUT2D eigenvalue weighted by Crippen LogP contribution is -2.01. The average Bonchev–Trinajstić information content (AvgIpc) is 3.23. The Morgan fingerprint density at radius 3 is 1.68 bits per heavy atom. The zero-order valence-electron chi connectivity index (χ0n) is 17.8. The van der Waals surface area contributed by atoms with Crippen LogP contribution in [0, 0.1) is 13.8 Å². The molecule has 150 valence electrons. The zero-order chi connectivity index (χ0) is 21.2. The lowest BCUT2D eigenvalue weighted by Gasteiger charge is -2.15. The predicted molar refractivity (Wildman–Crippen MR) is 129 cm³/mol. The van der Waals surface area contributed by atoms with Crippen LogP contribution in [0.5, 0.6) is 0 Å². The van der Waals surface area contributed by atoms with Crippen LogP contribution in [0.15, 0.2) is 109 Å². The summed E-state index contributed by atoms with van der Waals surface area (Å²) in [7, 11) is 0. The topological polar surface area (TPSA) is 17.8 Å². The first-order valence-electron chi connectivity index (χ1n) is 10.6. The zero-order valence-corrected chi connectivity index (χ0v) is 17.8. The van der Waals surface area contributed by atoms with Gasteiger partial charge >= 0.3 is 0 Å². The largest absolute Gasteiger partial charge is 0.292 e. The van der Waals surface area contributed by atoms with Crippen molar-refractivity contribution in [3.8, 4) is 39.6 Å². The second kappa shape index (κ2) is 8.08. The van der Waals surface area contributed by atoms with E-state index in [0.29, 0.717) is 0 Å². The van der Waals surface area contributed by atoms with Gasteiger partial charge in [-0.1, -0.05) is 97.1 Å². The predicted octanol–water partition coefficient (Wildman–Crippen LogP) is 7.49. The average molecular weight is 401 g/mol. The van der Waals surface area contributed by atoms with Crippen LogP contribution in [0.25, 0.3) is 39.6 Å². The summed E-state index contributed by atoms with van der Waals surface area (Å²) >= 11 is 0. The van der Waals surface area contributed by atoms with Crippen molar-refractivity contribution in [2.24, 2.45) is 0 Å². The molecule has 0 saturated carbocycles. The number of nitrogens with zero attached hydrogens (tertiary/aromatic N) is 2. The maximum Gasteiger partial charge on any atom is 0.145 e. The molecule has 2 heteroatoms. The fraction of sp³-hybridized carbons (Fsp3) is 0.0690. The maximum absolute atomic E-state index is 5.22. The summed E-state index contributed by atoms with van der Waals surface area (Å²) < 4.78 is 2.30. The van der Waals surface area contributed by atoms with E-state index in [-0.39, 0.29) is 0 Å². The Kier molecular flexibility index (Phi) is 4.97. The molecule has 0 aliphatic heterocycles. The fourth-order valence-corrected chi connectivity index (χ4v) is 3.98. The highest BCUT2D eigenvalue weighted by molar-refractivity contribution is 5.84. The number of rotatable bonds is 4. The molecule has 5 rings (SSSR count). The number of hydrogen-bond acceptors (Lipinski definition) is 1. The molecule has 0 fully saturated rings. The Labute approximate surface area is 183 Å². The highest BCUT2D eigenvalue weighted by Gasteiger charge is 2.22. The Morgan fingerprint density at radius 1 is 0.548 bits per heavy atom. The molecule has 0 spiro atoms. The summed E-state index contributed by atoms with van der Waals surface area (Å²) in [6.07, 6.45) is 0. The van der Waals surface area contributed by atoms with E-state index in [2.05, 4.69) is 115 Å². The van der Waals surface area contributed by atoms with Gasteiger partial charge in [0.25, 0.3) is 0 Å². The minimum Gasteiger partial charge on any atom is -0.292 e. The first kappa shape index (κ1) is 19.1. The van der Waals surface area contributed by atoms with Crippen LogP contribution in [0.4, 0.5) is 0 Å². The van der Waals surface area contributed by atoms with Crippen LogP contribution in [0.1, 0.15) is 11.1 Å². The van der Waals surface area contributed by atoms with Crippen LogP contribution in [0.3, 0.4) is 0 Å². The maximum atomic E-state index is 5.22. The van der Waals surface area contributed by atoms with Gasteiger partial charge in [-0.15, -0.1) is 0 Å². The Morgan fingerprint density at radius 2 is 1.10 bits per heavy atom. The molecule has 0 amide bonds. The quantitative estimate of drug-likeness (QED) is 0.305. The minimum atomic E-state index is 0.946. The van der Waals surface area contributed by atoms with Gasteiger partial charge in [-0.25, -0.2) is 4.98 Å². The molecular weight excluding hydrogens is 376 g/mol. The van der Waals surface area contributed by atoms with Crippen molar-refractivity contribution in [2.45, 2.75) is 13.8 Å². The van der Waals surface area contributed by atoms with Crippen LogP contribution in [0.2, 0.25) is 0 Å². The molecule has 0 atom stereocenters. The van der Waals surface area contributed by atoms with Crippen LogP contribution < -0.4 is 0 Å². The van der Waals surface area contributed by atoms with Gasteiger partial charge in [-0.3, -0.25) is 4.57 Å². The van der Waals surface area contributed by atoms with Gasteiger partial charge in [-0.2, -0.15) is 0 Å². The van der Waals surface area contributed by atoms with Crippen LogP contribution in [-0.2, 0) is 0 Å². The van der Waals surface area contributed by atoms with Gasteiger partial charge in [0.1, 0.15) is 5.82 Å². The van der Waals surface area contributed by atoms with E-state index in [1.54, 1.807) is 0 Å². The van der Waals surface area contributed by atoms with Gasteiger partial charge < -0.3 is 0 Å². The van der Waals surface area contributed by atoms with E-state index >= 15 is 0 Å². The third-order valence-corrected chi connectivity index (χ3v) is 5.75. The van der Waals surface area contributed by atoms with Crippen molar-refractivity contribution in [2.75, 3.05) is 0 Å². The molecule has 1 heterocycles. The molecule has 0 unspecified atom stereocenters. The summed E-state index contributed by atoms with van der Waals surface area (Å²) in [6.45, 7) is 4.32. The molecule has 5 aromatic rings. The van der Waals surface area contributed by atoms with E-state index in [1.165, 1.54) is 11.1 Å². The van der Waals surface area contributed by atoms with Crippen molar-refractivity contribution >= 4 is 0 Å². The number of aromatic nitrogens is 2. The number of hydrogen-bond donors (Lipinski definition) is 0. The molecule has 0 aliphatic rings. The summed E-state index contributed by atoms with van der Waals surface area (Å²) in [5, 5.41) is 0. The third-order valence-electron chi connectivity index (χ3n) is 5.75. The van der Waals surface area contributed by atoms with E-state index in [9.17, 15) is 0 Å². The van der Waals surface area contributed by atoms with Gasteiger partial charge in [0.05, 0.1) is 11.4 Å². The first-order chi connectivity index (χ1) is 15.2. The summed E-state index contributed by atoms with van der Waals surface area (Å²) in [6, 6.07) is 38.1. The number of aryl methyl sites for hydroxylation is 2. The van der Waals surface area contributed by atoms with E-state index < -0.39 is 0 Å².